The molecule has 3 fully saturated rings. The number of fused-ring (bicyclic) bond motifs is 1. The summed E-state index contributed by atoms with van der Waals surface area (Å²) in [5, 5.41) is 20.8. The molecule has 2 N–H and O–H groups in total. The summed E-state index contributed by atoms with van der Waals surface area (Å²) in [4.78, 5) is 0. The summed E-state index contributed by atoms with van der Waals surface area (Å²) >= 11 is 0. The molecular weight excluding hydrogens is 212 g/mol. The molecule has 2 heteroatoms. The minimum Gasteiger partial charge on any atom is -0.393 e. The maximum absolute atomic E-state index is 10.6. The van der Waals surface area contributed by atoms with Gasteiger partial charge in [0.2, 0.25) is 0 Å². The highest BCUT2D eigenvalue weighted by Crippen LogP contribution is 2.68. The van der Waals surface area contributed by atoms with E-state index in [0.29, 0.717) is 5.92 Å². The average Bonchev–Trinajstić information content (AvgIpc) is 2.41. The third kappa shape index (κ3) is 1.40. The van der Waals surface area contributed by atoms with E-state index >= 15 is 0 Å². The summed E-state index contributed by atoms with van der Waals surface area (Å²) in [5.41, 5.74) is 0.467. The largest absolute Gasteiger partial charge is 0.393 e. The zero-order valence-corrected chi connectivity index (χ0v) is 11.4. The fourth-order valence-corrected chi connectivity index (χ4v) is 5.56. The summed E-state index contributed by atoms with van der Waals surface area (Å²) < 4.78 is 0. The smallest absolute Gasteiger partial charge is 0.0604 e. The van der Waals surface area contributed by atoms with Crippen LogP contribution in [0.4, 0.5) is 0 Å². The topological polar surface area (TPSA) is 40.5 Å². The Morgan fingerprint density at radius 1 is 0.941 bits per heavy atom. The van der Waals surface area contributed by atoms with Crippen molar-refractivity contribution in [3.8, 4) is 0 Å². The molecule has 98 valence electrons. The lowest BCUT2D eigenvalue weighted by Crippen LogP contribution is -2.54. The van der Waals surface area contributed by atoms with Crippen molar-refractivity contribution in [3.63, 3.8) is 0 Å². The molecule has 3 aliphatic rings. The minimum atomic E-state index is -0.148. The van der Waals surface area contributed by atoms with Crippen LogP contribution in [0.3, 0.4) is 0 Å². The van der Waals surface area contributed by atoms with E-state index in [0.717, 1.165) is 32.1 Å². The molecule has 0 saturated heterocycles. The number of rotatable bonds is 0. The highest BCUT2D eigenvalue weighted by Gasteiger charge is 2.64. The van der Waals surface area contributed by atoms with Crippen molar-refractivity contribution in [1.82, 2.24) is 0 Å². The zero-order valence-electron chi connectivity index (χ0n) is 11.4. The van der Waals surface area contributed by atoms with Gasteiger partial charge in [-0.2, -0.15) is 0 Å². The zero-order chi connectivity index (χ0) is 12.5. The van der Waals surface area contributed by atoms with Crippen molar-refractivity contribution in [1.29, 1.82) is 0 Å². The predicted octanol–water partition coefficient (Wildman–Crippen LogP) is 2.72. The van der Waals surface area contributed by atoms with Crippen molar-refractivity contribution in [3.05, 3.63) is 0 Å². The summed E-state index contributed by atoms with van der Waals surface area (Å²) in [6, 6.07) is 0. The van der Waals surface area contributed by atoms with Gasteiger partial charge in [-0.3, -0.25) is 0 Å². The molecule has 17 heavy (non-hydrogen) atoms. The minimum absolute atomic E-state index is 0.0656. The molecule has 0 aromatic heterocycles. The van der Waals surface area contributed by atoms with Gasteiger partial charge in [0.05, 0.1) is 12.2 Å². The van der Waals surface area contributed by atoms with E-state index in [4.69, 9.17) is 0 Å². The van der Waals surface area contributed by atoms with E-state index in [1.54, 1.807) is 0 Å². The maximum Gasteiger partial charge on any atom is 0.0604 e. The van der Waals surface area contributed by atoms with Crippen LogP contribution in [0.15, 0.2) is 0 Å². The summed E-state index contributed by atoms with van der Waals surface area (Å²) in [7, 11) is 0. The molecule has 0 amide bonds. The van der Waals surface area contributed by atoms with Gasteiger partial charge in [-0.05, 0) is 55.3 Å². The van der Waals surface area contributed by atoms with Crippen LogP contribution in [-0.2, 0) is 0 Å². The Morgan fingerprint density at radius 3 is 2.35 bits per heavy atom. The van der Waals surface area contributed by atoms with Crippen LogP contribution in [0.25, 0.3) is 0 Å². The van der Waals surface area contributed by atoms with Crippen LogP contribution < -0.4 is 0 Å². The Morgan fingerprint density at radius 2 is 1.65 bits per heavy atom. The van der Waals surface area contributed by atoms with Gasteiger partial charge >= 0.3 is 0 Å². The standard InChI is InChI=1S/C15H26O2/c1-13(2)8-12(17)15-7-5-11(16)14(3,9-15)6-4-10(13)15/h10-12,16-17H,4-9H2,1-3H3/t10?,11?,12?,14-,15+/m1/s1. The number of hydrogen-bond donors (Lipinski definition) is 2. The number of aliphatic hydroxyl groups excluding tert-OH is 2. The van der Waals surface area contributed by atoms with Gasteiger partial charge in [0.25, 0.3) is 0 Å². The van der Waals surface area contributed by atoms with Gasteiger partial charge in [-0.25, -0.2) is 0 Å². The quantitative estimate of drug-likeness (QED) is 0.681. The van der Waals surface area contributed by atoms with Crippen LogP contribution in [0.1, 0.15) is 59.3 Å². The number of aliphatic hydroxyl groups is 2. The number of hydrogen-bond acceptors (Lipinski definition) is 2. The molecule has 0 aromatic carbocycles. The normalized spacial score (nSPS) is 56.6. The third-order valence-corrected chi connectivity index (χ3v) is 6.45. The van der Waals surface area contributed by atoms with Crippen molar-refractivity contribution in [2.45, 2.75) is 71.5 Å². The molecule has 3 saturated carbocycles. The fraction of sp³-hybridized carbons (Fsp3) is 1.00. The molecule has 0 aromatic rings. The van der Waals surface area contributed by atoms with Crippen LogP contribution in [-0.4, -0.2) is 22.4 Å². The maximum atomic E-state index is 10.6. The average molecular weight is 238 g/mol. The van der Waals surface area contributed by atoms with Crippen molar-refractivity contribution >= 4 is 0 Å². The molecule has 3 unspecified atom stereocenters. The molecule has 0 heterocycles. The lowest BCUT2D eigenvalue weighted by molar-refractivity contribution is -0.144. The van der Waals surface area contributed by atoms with E-state index in [9.17, 15) is 10.2 Å². The first-order valence-electron chi connectivity index (χ1n) is 7.16. The van der Waals surface area contributed by atoms with Gasteiger partial charge in [-0.1, -0.05) is 20.8 Å². The molecule has 3 aliphatic carbocycles. The second-order valence-electron chi connectivity index (χ2n) is 7.92. The molecule has 1 spiro atoms. The Balaban J connectivity index is 2.00. The molecule has 3 rings (SSSR count). The highest BCUT2D eigenvalue weighted by molar-refractivity contribution is 5.14. The van der Waals surface area contributed by atoms with Gasteiger partial charge in [0.1, 0.15) is 0 Å². The molecule has 0 aliphatic heterocycles. The van der Waals surface area contributed by atoms with Crippen molar-refractivity contribution < 1.29 is 10.2 Å². The SMILES string of the molecule is CC1(C)CC(O)[C@]23CCC(O)[C@](C)(CCC12)C3. The first kappa shape index (κ1) is 12.0. The van der Waals surface area contributed by atoms with E-state index in [1.807, 2.05) is 0 Å². The lowest BCUT2D eigenvalue weighted by atomic mass is 9.49. The molecular formula is C15H26O2. The van der Waals surface area contributed by atoms with E-state index < -0.39 is 0 Å². The van der Waals surface area contributed by atoms with E-state index in [2.05, 4.69) is 20.8 Å². The predicted molar refractivity (Wildman–Crippen MR) is 67.5 cm³/mol. The Bertz CT molecular complexity index is 338. The Hall–Kier alpha value is -0.0800. The van der Waals surface area contributed by atoms with Crippen molar-refractivity contribution in [2.24, 2.45) is 22.2 Å². The first-order valence-corrected chi connectivity index (χ1v) is 7.16. The second-order valence-corrected chi connectivity index (χ2v) is 7.92. The van der Waals surface area contributed by atoms with E-state index in [-0.39, 0.29) is 28.5 Å². The van der Waals surface area contributed by atoms with E-state index in [1.165, 1.54) is 6.42 Å². The van der Waals surface area contributed by atoms with Gasteiger partial charge < -0.3 is 10.2 Å². The monoisotopic (exact) mass is 238 g/mol. The third-order valence-electron chi connectivity index (χ3n) is 6.45. The molecule has 5 atom stereocenters. The summed E-state index contributed by atoms with van der Waals surface area (Å²) in [6.07, 6.45) is 5.94. The van der Waals surface area contributed by atoms with Crippen LogP contribution in [0, 0.1) is 22.2 Å². The lowest BCUT2D eigenvalue weighted by Gasteiger charge is -2.57. The molecule has 0 radical (unpaired) electrons. The molecule has 2 nitrogen and oxygen atoms in total. The summed E-state index contributed by atoms with van der Waals surface area (Å²) in [6.45, 7) is 6.87. The Labute approximate surface area is 104 Å². The van der Waals surface area contributed by atoms with Gasteiger partial charge in [-0.15, -0.1) is 0 Å². The fourth-order valence-electron chi connectivity index (χ4n) is 5.56. The van der Waals surface area contributed by atoms with Gasteiger partial charge in [0, 0.05) is 5.41 Å². The highest BCUT2D eigenvalue weighted by atomic mass is 16.3. The molecule has 2 bridgehead atoms. The Kier molecular flexibility index (Phi) is 2.30. The summed E-state index contributed by atoms with van der Waals surface area (Å²) in [5.74, 6) is 0.658. The van der Waals surface area contributed by atoms with Crippen molar-refractivity contribution in [2.75, 3.05) is 0 Å². The van der Waals surface area contributed by atoms with Crippen LogP contribution in [0.2, 0.25) is 0 Å². The second kappa shape index (κ2) is 3.27. The van der Waals surface area contributed by atoms with Gasteiger partial charge in [0.15, 0.2) is 0 Å². The van der Waals surface area contributed by atoms with Crippen LogP contribution >= 0.6 is 0 Å². The first-order chi connectivity index (χ1) is 7.80. The van der Waals surface area contributed by atoms with Crippen LogP contribution in [0.5, 0.6) is 0 Å².